The molecule has 0 bridgehead atoms. The maximum atomic E-state index is 5.90. The SMILES string of the molecule is Cc1cnc2c(c1)N(C)CC1(CC1)O2. The molecule has 0 radical (unpaired) electrons. The molecule has 1 fully saturated rings. The van der Waals surface area contributed by atoms with E-state index in [2.05, 4.69) is 29.9 Å². The van der Waals surface area contributed by atoms with E-state index >= 15 is 0 Å². The van der Waals surface area contributed by atoms with Crippen molar-refractivity contribution in [3.63, 3.8) is 0 Å². The first kappa shape index (κ1) is 8.09. The van der Waals surface area contributed by atoms with E-state index in [-0.39, 0.29) is 5.60 Å². The van der Waals surface area contributed by atoms with Crippen LogP contribution in [-0.4, -0.2) is 24.2 Å². The van der Waals surface area contributed by atoms with Crippen LogP contribution in [0.15, 0.2) is 12.3 Å². The number of fused-ring (bicyclic) bond motifs is 1. The van der Waals surface area contributed by atoms with Gasteiger partial charge in [0.1, 0.15) is 11.3 Å². The van der Waals surface area contributed by atoms with Gasteiger partial charge in [0.15, 0.2) is 0 Å². The Morgan fingerprint density at radius 1 is 1.50 bits per heavy atom. The van der Waals surface area contributed by atoms with E-state index < -0.39 is 0 Å². The van der Waals surface area contributed by atoms with E-state index in [1.165, 1.54) is 18.4 Å². The van der Waals surface area contributed by atoms with Crippen molar-refractivity contribution >= 4 is 5.69 Å². The van der Waals surface area contributed by atoms with E-state index in [1.54, 1.807) is 0 Å². The molecule has 0 saturated heterocycles. The highest BCUT2D eigenvalue weighted by molar-refractivity contribution is 5.58. The summed E-state index contributed by atoms with van der Waals surface area (Å²) < 4.78 is 5.90. The number of aryl methyl sites for hydroxylation is 1. The zero-order chi connectivity index (χ0) is 9.76. The number of pyridine rings is 1. The number of aromatic nitrogens is 1. The van der Waals surface area contributed by atoms with Crippen LogP contribution in [0.5, 0.6) is 5.88 Å². The predicted molar refractivity (Wildman–Crippen MR) is 54.8 cm³/mol. The molecule has 14 heavy (non-hydrogen) atoms. The van der Waals surface area contributed by atoms with Gasteiger partial charge >= 0.3 is 0 Å². The quantitative estimate of drug-likeness (QED) is 0.623. The average Bonchev–Trinajstić information content (AvgIpc) is 2.87. The first-order valence-electron chi connectivity index (χ1n) is 5.05. The third-order valence-corrected chi connectivity index (χ3v) is 3.03. The largest absolute Gasteiger partial charge is 0.468 e. The predicted octanol–water partition coefficient (Wildman–Crippen LogP) is 1.75. The van der Waals surface area contributed by atoms with Gasteiger partial charge in [-0.25, -0.2) is 4.98 Å². The van der Waals surface area contributed by atoms with Crippen molar-refractivity contribution in [3.05, 3.63) is 17.8 Å². The van der Waals surface area contributed by atoms with Gasteiger partial charge in [0.05, 0.1) is 6.54 Å². The molecule has 0 unspecified atom stereocenters. The van der Waals surface area contributed by atoms with Gasteiger partial charge in [-0.05, 0) is 31.4 Å². The standard InChI is InChI=1S/C11H14N2O/c1-8-5-9-10(12-6-8)14-11(3-4-11)7-13(9)2/h5-6H,3-4,7H2,1-2H3. The lowest BCUT2D eigenvalue weighted by Crippen LogP contribution is -2.39. The first-order chi connectivity index (χ1) is 6.69. The molecule has 1 aliphatic heterocycles. The number of likely N-dealkylation sites (N-methyl/N-ethyl adjacent to an activating group) is 1. The number of rotatable bonds is 0. The average molecular weight is 190 g/mol. The Morgan fingerprint density at radius 2 is 2.29 bits per heavy atom. The van der Waals surface area contributed by atoms with Crippen LogP contribution in [0.2, 0.25) is 0 Å². The van der Waals surface area contributed by atoms with Crippen molar-refractivity contribution in [3.8, 4) is 5.88 Å². The molecule has 3 nitrogen and oxygen atoms in total. The summed E-state index contributed by atoms with van der Waals surface area (Å²) in [5.74, 6) is 0.807. The fourth-order valence-corrected chi connectivity index (χ4v) is 2.05. The molecule has 3 heteroatoms. The summed E-state index contributed by atoms with van der Waals surface area (Å²) in [6, 6.07) is 2.14. The summed E-state index contributed by atoms with van der Waals surface area (Å²) in [5.41, 5.74) is 2.41. The summed E-state index contributed by atoms with van der Waals surface area (Å²) in [5, 5.41) is 0. The number of nitrogens with zero attached hydrogens (tertiary/aromatic N) is 2. The fraction of sp³-hybridized carbons (Fsp3) is 0.545. The molecule has 0 aromatic carbocycles. The van der Waals surface area contributed by atoms with Gasteiger partial charge in [-0.3, -0.25) is 0 Å². The minimum atomic E-state index is 0.101. The lowest BCUT2D eigenvalue weighted by atomic mass is 10.2. The Balaban J connectivity index is 2.06. The van der Waals surface area contributed by atoms with E-state index in [0.717, 1.165) is 18.1 Å². The van der Waals surface area contributed by atoms with Gasteiger partial charge in [0.2, 0.25) is 5.88 Å². The Kier molecular flexibility index (Phi) is 1.39. The molecule has 74 valence electrons. The lowest BCUT2D eigenvalue weighted by Gasteiger charge is -2.33. The van der Waals surface area contributed by atoms with Gasteiger partial charge in [-0.2, -0.15) is 0 Å². The Bertz CT molecular complexity index is 385. The normalized spacial score (nSPS) is 21.7. The van der Waals surface area contributed by atoms with Crippen molar-refractivity contribution in [1.82, 2.24) is 4.98 Å². The number of hydrogen-bond donors (Lipinski definition) is 0. The highest BCUT2D eigenvalue weighted by atomic mass is 16.5. The van der Waals surface area contributed by atoms with Crippen molar-refractivity contribution in [2.24, 2.45) is 0 Å². The third-order valence-electron chi connectivity index (χ3n) is 3.03. The molecule has 0 N–H and O–H groups in total. The molecule has 1 aromatic rings. The zero-order valence-corrected chi connectivity index (χ0v) is 8.58. The Labute approximate surface area is 83.7 Å². The molecule has 1 aliphatic carbocycles. The molecular weight excluding hydrogens is 176 g/mol. The Morgan fingerprint density at radius 3 is 3.00 bits per heavy atom. The molecule has 3 rings (SSSR count). The second-order valence-corrected chi connectivity index (χ2v) is 4.48. The molecule has 2 heterocycles. The van der Waals surface area contributed by atoms with E-state index in [1.807, 2.05) is 6.20 Å². The lowest BCUT2D eigenvalue weighted by molar-refractivity contribution is 0.165. The van der Waals surface area contributed by atoms with Crippen molar-refractivity contribution in [2.75, 3.05) is 18.5 Å². The number of anilines is 1. The monoisotopic (exact) mass is 190 g/mol. The first-order valence-corrected chi connectivity index (χ1v) is 5.05. The third kappa shape index (κ3) is 1.08. The Hall–Kier alpha value is -1.25. The van der Waals surface area contributed by atoms with Crippen molar-refractivity contribution in [1.29, 1.82) is 0 Å². The number of ether oxygens (including phenoxy) is 1. The molecule has 1 aromatic heterocycles. The molecule has 0 atom stereocenters. The topological polar surface area (TPSA) is 25.4 Å². The maximum absolute atomic E-state index is 5.90. The van der Waals surface area contributed by atoms with Crippen LogP contribution in [0.3, 0.4) is 0 Å². The molecule has 1 spiro atoms. The maximum Gasteiger partial charge on any atom is 0.238 e. The van der Waals surface area contributed by atoms with Crippen LogP contribution >= 0.6 is 0 Å². The van der Waals surface area contributed by atoms with Gasteiger partial charge in [-0.1, -0.05) is 0 Å². The highest BCUT2D eigenvalue weighted by Gasteiger charge is 2.49. The summed E-state index contributed by atoms with van der Waals surface area (Å²) >= 11 is 0. The van der Waals surface area contributed by atoms with Crippen LogP contribution in [0.4, 0.5) is 5.69 Å². The summed E-state index contributed by atoms with van der Waals surface area (Å²) in [7, 11) is 2.11. The second kappa shape index (κ2) is 2.41. The second-order valence-electron chi connectivity index (χ2n) is 4.48. The van der Waals surface area contributed by atoms with Crippen LogP contribution in [0, 0.1) is 6.92 Å². The van der Waals surface area contributed by atoms with Crippen LogP contribution in [0.1, 0.15) is 18.4 Å². The van der Waals surface area contributed by atoms with Crippen molar-refractivity contribution < 1.29 is 4.74 Å². The zero-order valence-electron chi connectivity index (χ0n) is 8.58. The minimum Gasteiger partial charge on any atom is -0.468 e. The van der Waals surface area contributed by atoms with Crippen LogP contribution in [-0.2, 0) is 0 Å². The van der Waals surface area contributed by atoms with E-state index in [4.69, 9.17) is 4.74 Å². The molecule has 1 saturated carbocycles. The van der Waals surface area contributed by atoms with Crippen molar-refractivity contribution in [2.45, 2.75) is 25.4 Å². The summed E-state index contributed by atoms with van der Waals surface area (Å²) in [6.45, 7) is 3.06. The van der Waals surface area contributed by atoms with Crippen LogP contribution in [0.25, 0.3) is 0 Å². The van der Waals surface area contributed by atoms with E-state index in [9.17, 15) is 0 Å². The number of hydrogen-bond acceptors (Lipinski definition) is 3. The molecular formula is C11H14N2O. The molecule has 2 aliphatic rings. The minimum absolute atomic E-state index is 0.101. The smallest absolute Gasteiger partial charge is 0.238 e. The van der Waals surface area contributed by atoms with Gasteiger partial charge in [0, 0.05) is 13.2 Å². The fourth-order valence-electron chi connectivity index (χ4n) is 2.05. The van der Waals surface area contributed by atoms with Crippen LogP contribution < -0.4 is 9.64 Å². The van der Waals surface area contributed by atoms with Gasteiger partial charge in [-0.15, -0.1) is 0 Å². The summed E-state index contributed by atoms with van der Waals surface area (Å²) in [6.07, 6.45) is 4.22. The van der Waals surface area contributed by atoms with Gasteiger partial charge < -0.3 is 9.64 Å². The highest BCUT2D eigenvalue weighted by Crippen LogP contribution is 2.46. The van der Waals surface area contributed by atoms with Gasteiger partial charge in [0.25, 0.3) is 0 Å². The summed E-state index contributed by atoms with van der Waals surface area (Å²) in [4.78, 5) is 6.60. The van der Waals surface area contributed by atoms with E-state index in [0.29, 0.717) is 0 Å². The molecule has 0 amide bonds.